The third kappa shape index (κ3) is 4.12. The Morgan fingerprint density at radius 3 is 3.15 bits per heavy atom. The first-order valence-electron chi connectivity index (χ1n) is 6.83. The molecule has 0 aromatic heterocycles. The molecule has 0 radical (unpaired) electrons. The Labute approximate surface area is 124 Å². The van der Waals surface area contributed by atoms with Crippen molar-refractivity contribution >= 4 is 17.5 Å². The van der Waals surface area contributed by atoms with Gasteiger partial charge in [0.25, 0.3) is 0 Å². The number of rotatable bonds is 5. The summed E-state index contributed by atoms with van der Waals surface area (Å²) in [6, 6.07) is 7.79. The first-order chi connectivity index (χ1) is 9.70. The Kier molecular flexibility index (Phi) is 5.68. The molecule has 4 nitrogen and oxygen atoms in total. The Hall–Kier alpha value is -1.26. The van der Waals surface area contributed by atoms with Crippen LogP contribution in [0.2, 0.25) is 0 Å². The van der Waals surface area contributed by atoms with Crippen LogP contribution in [0.4, 0.5) is 0 Å². The molecule has 0 aliphatic carbocycles. The van der Waals surface area contributed by atoms with Gasteiger partial charge in [-0.15, -0.1) is 11.6 Å². The van der Waals surface area contributed by atoms with E-state index in [1.165, 1.54) is 0 Å². The normalized spacial score (nSPS) is 18.9. The fraction of sp³-hybridized carbons (Fsp3) is 0.533. The maximum absolute atomic E-state index is 12.2. The number of nitrogens with zero attached hydrogens (tertiary/aromatic N) is 1. The Bertz CT molecular complexity index is 452. The summed E-state index contributed by atoms with van der Waals surface area (Å²) in [4.78, 5) is 14.0. The van der Waals surface area contributed by atoms with Crippen molar-refractivity contribution in [3.05, 3.63) is 29.8 Å². The summed E-state index contributed by atoms with van der Waals surface area (Å²) < 4.78 is 10.9. The molecule has 20 heavy (non-hydrogen) atoms. The molecule has 1 heterocycles. The van der Waals surface area contributed by atoms with Crippen molar-refractivity contribution in [3.63, 3.8) is 0 Å². The van der Waals surface area contributed by atoms with Gasteiger partial charge in [0.15, 0.2) is 0 Å². The van der Waals surface area contributed by atoms with Crippen LogP contribution in [-0.4, -0.2) is 49.1 Å². The van der Waals surface area contributed by atoms with Crippen molar-refractivity contribution in [2.45, 2.75) is 19.4 Å². The van der Waals surface area contributed by atoms with Crippen LogP contribution in [0, 0.1) is 6.92 Å². The molecular weight excluding hydrogens is 278 g/mol. The highest BCUT2D eigenvalue weighted by Gasteiger charge is 2.26. The fourth-order valence-corrected chi connectivity index (χ4v) is 2.47. The zero-order valence-corrected chi connectivity index (χ0v) is 12.4. The second-order valence-electron chi connectivity index (χ2n) is 4.89. The number of morpholine rings is 1. The van der Waals surface area contributed by atoms with E-state index >= 15 is 0 Å². The average molecular weight is 298 g/mol. The second-order valence-corrected chi connectivity index (χ2v) is 5.19. The predicted molar refractivity (Wildman–Crippen MR) is 78.3 cm³/mol. The highest BCUT2D eigenvalue weighted by Crippen LogP contribution is 2.14. The van der Waals surface area contributed by atoms with E-state index in [1.54, 1.807) is 4.90 Å². The molecular formula is C15H20ClNO3. The van der Waals surface area contributed by atoms with Gasteiger partial charge in [0.1, 0.15) is 5.75 Å². The zero-order chi connectivity index (χ0) is 14.4. The molecule has 1 aromatic carbocycles. The standard InChI is InChI=1S/C15H20ClNO3/c1-12-3-2-4-14(9-12)20-7-5-15(18)17-6-8-19-11-13(17)10-16/h2-4,9,13H,5-8,10-11H2,1H3. The summed E-state index contributed by atoms with van der Waals surface area (Å²) in [6.07, 6.45) is 0.362. The minimum Gasteiger partial charge on any atom is -0.493 e. The summed E-state index contributed by atoms with van der Waals surface area (Å²) in [5.74, 6) is 1.28. The lowest BCUT2D eigenvalue weighted by atomic mass is 10.2. The summed E-state index contributed by atoms with van der Waals surface area (Å²) >= 11 is 5.86. The van der Waals surface area contributed by atoms with E-state index in [9.17, 15) is 4.79 Å². The van der Waals surface area contributed by atoms with Crippen LogP contribution in [0.5, 0.6) is 5.75 Å². The molecule has 2 rings (SSSR count). The number of amides is 1. The van der Waals surface area contributed by atoms with Crippen LogP contribution in [0.3, 0.4) is 0 Å². The Balaban J connectivity index is 1.79. The van der Waals surface area contributed by atoms with Gasteiger partial charge in [-0.3, -0.25) is 4.79 Å². The Morgan fingerprint density at radius 2 is 2.40 bits per heavy atom. The van der Waals surface area contributed by atoms with Gasteiger partial charge >= 0.3 is 0 Å². The van der Waals surface area contributed by atoms with Crippen molar-refractivity contribution < 1.29 is 14.3 Å². The van der Waals surface area contributed by atoms with Gasteiger partial charge in [0.05, 0.1) is 32.3 Å². The summed E-state index contributed by atoms with van der Waals surface area (Å²) in [6.45, 7) is 4.11. The van der Waals surface area contributed by atoms with Crippen molar-refractivity contribution in [1.82, 2.24) is 4.90 Å². The third-order valence-corrected chi connectivity index (χ3v) is 3.66. The van der Waals surface area contributed by atoms with E-state index in [1.807, 2.05) is 31.2 Å². The molecule has 1 aliphatic rings. The van der Waals surface area contributed by atoms with Crippen molar-refractivity contribution in [2.75, 3.05) is 32.2 Å². The van der Waals surface area contributed by atoms with E-state index in [-0.39, 0.29) is 11.9 Å². The number of aryl methyl sites for hydroxylation is 1. The maximum Gasteiger partial charge on any atom is 0.226 e. The van der Waals surface area contributed by atoms with Crippen molar-refractivity contribution in [2.24, 2.45) is 0 Å². The van der Waals surface area contributed by atoms with Gasteiger partial charge in [-0.2, -0.15) is 0 Å². The Morgan fingerprint density at radius 1 is 1.55 bits per heavy atom. The number of carbonyl (C=O) groups is 1. The number of hydrogen-bond donors (Lipinski definition) is 0. The molecule has 0 N–H and O–H groups in total. The third-order valence-electron chi connectivity index (χ3n) is 3.30. The van der Waals surface area contributed by atoms with E-state index in [0.29, 0.717) is 38.7 Å². The minimum absolute atomic E-state index is 0.0168. The second kappa shape index (κ2) is 7.50. The van der Waals surface area contributed by atoms with Gasteiger partial charge in [0, 0.05) is 12.4 Å². The number of benzene rings is 1. The van der Waals surface area contributed by atoms with Crippen LogP contribution in [0.15, 0.2) is 24.3 Å². The van der Waals surface area contributed by atoms with E-state index < -0.39 is 0 Å². The van der Waals surface area contributed by atoms with Gasteiger partial charge in [-0.05, 0) is 24.6 Å². The maximum atomic E-state index is 12.2. The van der Waals surface area contributed by atoms with Gasteiger partial charge in [-0.25, -0.2) is 0 Å². The average Bonchev–Trinajstić information content (AvgIpc) is 2.47. The molecule has 0 spiro atoms. The van der Waals surface area contributed by atoms with Crippen molar-refractivity contribution in [1.29, 1.82) is 0 Å². The molecule has 1 unspecified atom stereocenters. The molecule has 1 aliphatic heterocycles. The van der Waals surface area contributed by atoms with Crippen LogP contribution >= 0.6 is 11.6 Å². The molecule has 5 heteroatoms. The van der Waals surface area contributed by atoms with Crippen LogP contribution < -0.4 is 4.74 Å². The summed E-state index contributed by atoms with van der Waals surface area (Å²) in [5, 5.41) is 0. The summed E-state index contributed by atoms with van der Waals surface area (Å²) in [5.41, 5.74) is 1.14. The topological polar surface area (TPSA) is 38.8 Å². The zero-order valence-electron chi connectivity index (χ0n) is 11.7. The predicted octanol–water partition coefficient (Wildman–Crippen LogP) is 2.23. The largest absolute Gasteiger partial charge is 0.493 e. The number of alkyl halides is 1. The number of ether oxygens (including phenoxy) is 2. The number of hydrogen-bond acceptors (Lipinski definition) is 3. The fourth-order valence-electron chi connectivity index (χ4n) is 2.22. The quantitative estimate of drug-likeness (QED) is 0.782. The van der Waals surface area contributed by atoms with Gasteiger partial charge in [-0.1, -0.05) is 12.1 Å². The van der Waals surface area contributed by atoms with E-state index in [2.05, 4.69) is 0 Å². The highest BCUT2D eigenvalue weighted by molar-refractivity contribution is 6.18. The first-order valence-corrected chi connectivity index (χ1v) is 7.37. The van der Waals surface area contributed by atoms with Crippen LogP contribution in [0.25, 0.3) is 0 Å². The molecule has 0 bridgehead atoms. The van der Waals surface area contributed by atoms with Crippen molar-refractivity contribution in [3.8, 4) is 5.75 Å². The monoisotopic (exact) mass is 297 g/mol. The lowest BCUT2D eigenvalue weighted by Gasteiger charge is -2.34. The van der Waals surface area contributed by atoms with Crippen LogP contribution in [0.1, 0.15) is 12.0 Å². The smallest absolute Gasteiger partial charge is 0.226 e. The molecule has 0 saturated carbocycles. The summed E-state index contributed by atoms with van der Waals surface area (Å²) in [7, 11) is 0. The molecule has 1 atom stereocenters. The first kappa shape index (κ1) is 15.1. The molecule has 1 amide bonds. The molecule has 1 saturated heterocycles. The van der Waals surface area contributed by atoms with Gasteiger partial charge < -0.3 is 14.4 Å². The molecule has 110 valence electrons. The highest BCUT2D eigenvalue weighted by atomic mass is 35.5. The van der Waals surface area contributed by atoms with E-state index in [0.717, 1.165) is 11.3 Å². The lowest BCUT2D eigenvalue weighted by Crippen LogP contribution is -2.49. The number of halogens is 1. The minimum atomic E-state index is -0.0168. The van der Waals surface area contributed by atoms with E-state index in [4.69, 9.17) is 21.1 Å². The van der Waals surface area contributed by atoms with Crippen LogP contribution in [-0.2, 0) is 9.53 Å². The molecule has 1 fully saturated rings. The lowest BCUT2D eigenvalue weighted by molar-refractivity contribution is -0.139. The number of carbonyl (C=O) groups excluding carboxylic acids is 1. The molecule has 1 aromatic rings. The van der Waals surface area contributed by atoms with Gasteiger partial charge in [0.2, 0.25) is 5.91 Å². The SMILES string of the molecule is Cc1cccc(OCCC(=O)N2CCOCC2CCl)c1.